The van der Waals surface area contributed by atoms with Gasteiger partial charge in [-0.3, -0.25) is 10.1 Å². The number of hydrogen-bond donors (Lipinski definition) is 1. The summed E-state index contributed by atoms with van der Waals surface area (Å²) in [7, 11) is 1.80. The van der Waals surface area contributed by atoms with Crippen molar-refractivity contribution in [1.82, 2.24) is 0 Å². The van der Waals surface area contributed by atoms with Crippen molar-refractivity contribution < 1.29 is 10.0 Å². The number of aliphatic hydroxyl groups excluding tert-OH is 1. The van der Waals surface area contributed by atoms with Crippen molar-refractivity contribution in [3.63, 3.8) is 0 Å². The minimum Gasteiger partial charge on any atom is -0.393 e. The quantitative estimate of drug-likeness (QED) is 0.630. The first-order chi connectivity index (χ1) is 7.93. The normalized spacial score (nSPS) is 12.2. The molecule has 1 unspecified atom stereocenters. The van der Waals surface area contributed by atoms with Gasteiger partial charge in [0.2, 0.25) is 0 Å². The number of aryl methyl sites for hydroxylation is 1. The predicted octanol–water partition coefficient (Wildman–Crippen LogP) is 2.11. The topological polar surface area (TPSA) is 66.6 Å². The van der Waals surface area contributed by atoms with Gasteiger partial charge in [0.1, 0.15) is 5.69 Å². The standard InChI is InChI=1S/C12H18N2O3/c1-9-5-4-6-11(14(16)17)12(9)13(3)8-7-10(2)15/h4-6,10,15H,7-8H2,1-3H3. The summed E-state index contributed by atoms with van der Waals surface area (Å²) < 4.78 is 0. The molecule has 0 aliphatic rings. The third-order valence-corrected chi connectivity index (χ3v) is 2.68. The molecule has 0 saturated heterocycles. The average molecular weight is 238 g/mol. The summed E-state index contributed by atoms with van der Waals surface area (Å²) >= 11 is 0. The molecule has 0 saturated carbocycles. The van der Waals surface area contributed by atoms with E-state index in [0.29, 0.717) is 18.7 Å². The van der Waals surface area contributed by atoms with Crippen LogP contribution in [0.1, 0.15) is 18.9 Å². The molecule has 1 aromatic carbocycles. The summed E-state index contributed by atoms with van der Waals surface area (Å²) in [5, 5.41) is 20.2. The molecule has 1 rings (SSSR count). The summed E-state index contributed by atoms with van der Waals surface area (Å²) in [5.74, 6) is 0. The Bertz CT molecular complexity index is 405. The van der Waals surface area contributed by atoms with Crippen molar-refractivity contribution in [2.45, 2.75) is 26.4 Å². The van der Waals surface area contributed by atoms with E-state index in [0.717, 1.165) is 5.56 Å². The highest BCUT2D eigenvalue weighted by Gasteiger charge is 2.18. The zero-order chi connectivity index (χ0) is 13.0. The van der Waals surface area contributed by atoms with E-state index >= 15 is 0 Å². The number of nitrogens with zero attached hydrogens (tertiary/aromatic N) is 2. The highest BCUT2D eigenvalue weighted by molar-refractivity contribution is 5.67. The molecule has 0 fully saturated rings. The second kappa shape index (κ2) is 5.63. The lowest BCUT2D eigenvalue weighted by Gasteiger charge is -2.21. The Kier molecular flexibility index (Phi) is 4.45. The van der Waals surface area contributed by atoms with Crippen LogP contribution in [0.4, 0.5) is 11.4 Å². The first-order valence-electron chi connectivity index (χ1n) is 5.56. The Hall–Kier alpha value is -1.62. The number of hydrogen-bond acceptors (Lipinski definition) is 4. The van der Waals surface area contributed by atoms with E-state index in [1.165, 1.54) is 6.07 Å². The zero-order valence-electron chi connectivity index (χ0n) is 10.4. The molecule has 0 aliphatic carbocycles. The van der Waals surface area contributed by atoms with Crippen LogP contribution >= 0.6 is 0 Å². The molecule has 0 spiro atoms. The molecule has 1 aromatic rings. The van der Waals surface area contributed by atoms with Gasteiger partial charge in [0.25, 0.3) is 5.69 Å². The Labute approximate surface area is 101 Å². The Balaban J connectivity index is 2.98. The summed E-state index contributed by atoms with van der Waals surface area (Å²) in [5.41, 5.74) is 1.60. The third kappa shape index (κ3) is 3.42. The molecule has 0 aliphatic heterocycles. The van der Waals surface area contributed by atoms with Crippen molar-refractivity contribution >= 4 is 11.4 Å². The van der Waals surface area contributed by atoms with E-state index in [9.17, 15) is 15.2 Å². The summed E-state index contributed by atoms with van der Waals surface area (Å²) in [6.07, 6.45) is 0.183. The Morgan fingerprint density at radius 2 is 2.18 bits per heavy atom. The van der Waals surface area contributed by atoms with Gasteiger partial charge in [-0.15, -0.1) is 0 Å². The molecule has 0 bridgehead atoms. The number of para-hydroxylation sites is 1. The van der Waals surface area contributed by atoms with E-state index in [1.807, 2.05) is 17.9 Å². The fourth-order valence-corrected chi connectivity index (χ4v) is 1.78. The fourth-order valence-electron chi connectivity index (χ4n) is 1.78. The summed E-state index contributed by atoms with van der Waals surface area (Å²) in [6.45, 7) is 4.14. The van der Waals surface area contributed by atoms with Crippen molar-refractivity contribution in [2.75, 3.05) is 18.5 Å². The van der Waals surface area contributed by atoms with Crippen LogP contribution in [-0.4, -0.2) is 29.7 Å². The highest BCUT2D eigenvalue weighted by Crippen LogP contribution is 2.30. The van der Waals surface area contributed by atoms with Gasteiger partial charge in [-0.05, 0) is 25.8 Å². The molecule has 0 radical (unpaired) electrons. The van der Waals surface area contributed by atoms with Gasteiger partial charge >= 0.3 is 0 Å². The van der Waals surface area contributed by atoms with Crippen LogP contribution in [0.2, 0.25) is 0 Å². The lowest BCUT2D eigenvalue weighted by Crippen LogP contribution is -2.23. The first-order valence-corrected chi connectivity index (χ1v) is 5.56. The van der Waals surface area contributed by atoms with E-state index in [-0.39, 0.29) is 10.6 Å². The monoisotopic (exact) mass is 238 g/mol. The van der Waals surface area contributed by atoms with Crippen LogP contribution in [0.25, 0.3) is 0 Å². The summed E-state index contributed by atoms with van der Waals surface area (Å²) in [6, 6.07) is 5.03. The van der Waals surface area contributed by atoms with Gasteiger partial charge in [-0.2, -0.15) is 0 Å². The van der Waals surface area contributed by atoms with Crippen molar-refractivity contribution in [2.24, 2.45) is 0 Å². The Morgan fingerprint density at radius 1 is 1.53 bits per heavy atom. The largest absolute Gasteiger partial charge is 0.393 e. The summed E-state index contributed by atoms with van der Waals surface area (Å²) in [4.78, 5) is 12.4. The number of nitro groups is 1. The number of benzene rings is 1. The molecule has 17 heavy (non-hydrogen) atoms. The highest BCUT2D eigenvalue weighted by atomic mass is 16.6. The first kappa shape index (κ1) is 13.4. The molecule has 1 N–H and O–H groups in total. The second-order valence-corrected chi connectivity index (χ2v) is 4.26. The molecule has 5 nitrogen and oxygen atoms in total. The molecule has 0 amide bonds. The smallest absolute Gasteiger partial charge is 0.292 e. The predicted molar refractivity (Wildman–Crippen MR) is 67.4 cm³/mol. The van der Waals surface area contributed by atoms with Crippen molar-refractivity contribution in [1.29, 1.82) is 0 Å². The third-order valence-electron chi connectivity index (χ3n) is 2.68. The average Bonchev–Trinajstić information content (AvgIpc) is 2.25. The van der Waals surface area contributed by atoms with Gasteiger partial charge in [0.05, 0.1) is 11.0 Å². The minimum absolute atomic E-state index is 0.109. The van der Waals surface area contributed by atoms with Crippen molar-refractivity contribution in [3.8, 4) is 0 Å². The van der Waals surface area contributed by atoms with E-state index in [2.05, 4.69) is 0 Å². The molecule has 1 atom stereocenters. The van der Waals surface area contributed by atoms with Crippen molar-refractivity contribution in [3.05, 3.63) is 33.9 Å². The molecule has 94 valence electrons. The number of rotatable bonds is 5. The maximum absolute atomic E-state index is 10.9. The SMILES string of the molecule is Cc1cccc([N+](=O)[O-])c1N(C)CCC(C)O. The maximum Gasteiger partial charge on any atom is 0.292 e. The molecular formula is C12H18N2O3. The lowest BCUT2D eigenvalue weighted by molar-refractivity contribution is -0.384. The van der Waals surface area contributed by atoms with Gasteiger partial charge in [-0.1, -0.05) is 12.1 Å². The minimum atomic E-state index is -0.402. The zero-order valence-corrected chi connectivity index (χ0v) is 10.4. The molecule has 0 aromatic heterocycles. The lowest BCUT2D eigenvalue weighted by atomic mass is 10.1. The van der Waals surface area contributed by atoms with E-state index in [4.69, 9.17) is 0 Å². The fraction of sp³-hybridized carbons (Fsp3) is 0.500. The molecule has 5 heteroatoms. The van der Waals surface area contributed by atoms with Gasteiger partial charge < -0.3 is 10.0 Å². The second-order valence-electron chi connectivity index (χ2n) is 4.26. The van der Waals surface area contributed by atoms with Gasteiger partial charge in [-0.25, -0.2) is 0 Å². The molecule has 0 heterocycles. The number of aliphatic hydroxyl groups is 1. The number of nitro benzene ring substituents is 1. The van der Waals surface area contributed by atoms with E-state index in [1.54, 1.807) is 20.0 Å². The van der Waals surface area contributed by atoms with Crippen LogP contribution < -0.4 is 4.90 Å². The van der Waals surface area contributed by atoms with Crippen LogP contribution in [0.5, 0.6) is 0 Å². The van der Waals surface area contributed by atoms with E-state index < -0.39 is 6.10 Å². The van der Waals surface area contributed by atoms with Crippen LogP contribution in [-0.2, 0) is 0 Å². The van der Waals surface area contributed by atoms with Gasteiger partial charge in [0, 0.05) is 19.7 Å². The van der Waals surface area contributed by atoms with Crippen LogP contribution in [0, 0.1) is 17.0 Å². The molecular weight excluding hydrogens is 220 g/mol. The van der Waals surface area contributed by atoms with Gasteiger partial charge in [0.15, 0.2) is 0 Å². The Morgan fingerprint density at radius 3 is 2.71 bits per heavy atom. The van der Waals surface area contributed by atoms with Crippen LogP contribution in [0.15, 0.2) is 18.2 Å². The number of anilines is 1. The maximum atomic E-state index is 10.9. The van der Waals surface area contributed by atoms with Crippen LogP contribution in [0.3, 0.4) is 0 Å².